The summed E-state index contributed by atoms with van der Waals surface area (Å²) in [5.41, 5.74) is 16.4. The topological polar surface area (TPSA) is 219 Å². The number of unbranched alkanes of at least 4 members (excludes halogenated alkanes) is 2. The van der Waals surface area contributed by atoms with E-state index in [-0.39, 0.29) is 17.9 Å². The number of benzene rings is 2. The van der Waals surface area contributed by atoms with Crippen LogP contribution in [-0.4, -0.2) is 96.9 Å². The number of amides is 4. The Hall–Kier alpha value is -3.86. The molecule has 336 valence electrons. The summed E-state index contributed by atoms with van der Waals surface area (Å²) in [4.78, 5) is 53.4. The second-order valence-electron chi connectivity index (χ2n) is 18.5. The van der Waals surface area contributed by atoms with Gasteiger partial charge in [-0.15, -0.1) is 0 Å². The third-order valence-corrected chi connectivity index (χ3v) is 13.5. The molecule has 2 aromatic rings. The zero-order valence-electron chi connectivity index (χ0n) is 37.4. The fraction of sp³-hybridized carbons (Fsp3) is 0.652. The summed E-state index contributed by atoms with van der Waals surface area (Å²) >= 11 is 0. The van der Waals surface area contributed by atoms with E-state index >= 15 is 0 Å². The highest BCUT2D eigenvalue weighted by Crippen LogP contribution is 2.65. The lowest BCUT2D eigenvalue weighted by atomic mass is 9.43. The lowest BCUT2D eigenvalue weighted by Gasteiger charge is -2.64. The number of hydrogen-bond acceptors (Lipinski definition) is 10. The van der Waals surface area contributed by atoms with Gasteiger partial charge in [0.05, 0.1) is 29.8 Å². The van der Waals surface area contributed by atoms with E-state index in [9.17, 15) is 24.3 Å². The van der Waals surface area contributed by atoms with Gasteiger partial charge in [-0.3, -0.25) is 19.2 Å². The van der Waals surface area contributed by atoms with E-state index in [0.717, 1.165) is 30.4 Å². The van der Waals surface area contributed by atoms with Crippen LogP contribution in [0.25, 0.3) is 11.1 Å². The lowest BCUT2D eigenvalue weighted by molar-refractivity contribution is -0.199. The Bertz CT molecular complexity index is 1780. The van der Waals surface area contributed by atoms with E-state index in [1.54, 1.807) is 0 Å². The van der Waals surface area contributed by atoms with E-state index in [4.69, 9.17) is 20.8 Å². The molecule has 10 atom stereocenters. The van der Waals surface area contributed by atoms with Gasteiger partial charge >= 0.3 is 7.12 Å². The van der Waals surface area contributed by atoms with Crippen molar-refractivity contribution in [2.24, 2.45) is 28.7 Å². The molecule has 6 rings (SSSR count). The number of rotatable bonds is 23. The number of nitrogens with one attached hydrogen (secondary N) is 5. The normalized spacial score (nSPS) is 24.2. The fourth-order valence-corrected chi connectivity index (χ4v) is 9.28. The van der Waals surface area contributed by atoms with E-state index < -0.39 is 72.6 Å². The minimum atomic E-state index is -1.37. The molecule has 1 aliphatic heterocycles. The maximum Gasteiger partial charge on any atom is 0.481 e. The molecule has 61 heavy (non-hydrogen) atoms. The average Bonchev–Trinajstić information content (AvgIpc) is 3.60. The van der Waals surface area contributed by atoms with Crippen LogP contribution < -0.4 is 38.1 Å². The minimum absolute atomic E-state index is 0.0368. The largest absolute Gasteiger partial charge is 0.481 e. The highest BCUT2D eigenvalue weighted by atomic mass is 16.7. The van der Waals surface area contributed by atoms with Gasteiger partial charge in [0.25, 0.3) is 0 Å². The van der Waals surface area contributed by atoms with Crippen LogP contribution >= 0.6 is 0 Å². The van der Waals surface area contributed by atoms with Crippen LogP contribution in [0.15, 0.2) is 48.5 Å². The summed E-state index contributed by atoms with van der Waals surface area (Å²) in [7, 11) is -0.628. The Morgan fingerprint density at radius 3 is 2.08 bits per heavy atom. The van der Waals surface area contributed by atoms with E-state index in [1.807, 2.05) is 6.92 Å². The van der Waals surface area contributed by atoms with Crippen LogP contribution in [0.3, 0.4) is 0 Å². The molecular formula is C46H72BN7O7. The molecule has 14 nitrogen and oxygen atoms in total. The Kier molecular flexibility index (Phi) is 17.0. The van der Waals surface area contributed by atoms with Crippen LogP contribution in [-0.2, 0) is 41.5 Å². The van der Waals surface area contributed by atoms with Crippen LogP contribution in [0.2, 0.25) is 0 Å². The molecule has 2 bridgehead atoms. The predicted molar refractivity (Wildman–Crippen MR) is 239 cm³/mol. The van der Waals surface area contributed by atoms with E-state index in [0.29, 0.717) is 50.7 Å². The first-order valence-corrected chi connectivity index (χ1v) is 22.6. The minimum Gasteiger partial charge on any atom is -0.404 e. The summed E-state index contributed by atoms with van der Waals surface area (Å²) in [6.07, 6.45) is 6.03. The highest BCUT2D eigenvalue weighted by molar-refractivity contribution is 6.47. The van der Waals surface area contributed by atoms with Crippen molar-refractivity contribution in [2.75, 3.05) is 13.1 Å². The molecule has 4 amide bonds. The molecule has 3 aliphatic carbocycles. The van der Waals surface area contributed by atoms with E-state index in [1.165, 1.54) is 37.8 Å². The Labute approximate surface area is 363 Å². The lowest BCUT2D eigenvalue weighted by Crippen LogP contribution is -2.65. The van der Waals surface area contributed by atoms with Crippen molar-refractivity contribution in [2.45, 2.75) is 161 Å². The third-order valence-electron chi connectivity index (χ3n) is 13.5. The average molecular weight is 846 g/mol. The van der Waals surface area contributed by atoms with Gasteiger partial charge in [0.15, 0.2) is 0 Å². The van der Waals surface area contributed by atoms with Crippen LogP contribution in [0.4, 0.5) is 0 Å². The van der Waals surface area contributed by atoms with Crippen molar-refractivity contribution in [1.29, 1.82) is 0 Å². The van der Waals surface area contributed by atoms with Crippen LogP contribution in [0, 0.1) is 17.3 Å². The first kappa shape index (κ1) is 48.2. The quantitative estimate of drug-likeness (QED) is 0.0603. The van der Waals surface area contributed by atoms with Crippen molar-refractivity contribution in [3.63, 3.8) is 0 Å². The van der Waals surface area contributed by atoms with Crippen LogP contribution in [0.5, 0.6) is 0 Å². The molecule has 1 unspecified atom stereocenters. The van der Waals surface area contributed by atoms with Gasteiger partial charge in [-0.1, -0.05) is 75.7 Å². The van der Waals surface area contributed by atoms with Gasteiger partial charge in [0.2, 0.25) is 23.6 Å². The molecule has 1 saturated heterocycles. The van der Waals surface area contributed by atoms with Gasteiger partial charge in [-0.25, -0.2) is 0 Å². The zero-order chi connectivity index (χ0) is 44.5. The molecule has 2 aromatic carbocycles. The van der Waals surface area contributed by atoms with Crippen molar-refractivity contribution in [3.05, 3.63) is 59.7 Å². The molecule has 4 aliphatic rings. The van der Waals surface area contributed by atoms with Crippen molar-refractivity contribution < 1.29 is 33.6 Å². The number of aliphatic hydroxyl groups is 1. The van der Waals surface area contributed by atoms with Crippen molar-refractivity contribution >= 4 is 30.7 Å². The van der Waals surface area contributed by atoms with Gasteiger partial charge in [0, 0.05) is 6.54 Å². The SMILES string of the molecule is CCCCc1ccc(-c2ccc(CNCC[C@H](N)C(=O)N[C@H](C(=O)N[C@@H](C)C(=O)N[C@@H](CCCCN)C(=O)N[C@@H](C)B3OC4C[C@@H]5C[C@@H](C5(C)C)[C@]4(C)O3)[C@@H](C)O)cc2)cc1. The van der Waals surface area contributed by atoms with Gasteiger partial charge in [0.1, 0.15) is 18.1 Å². The maximum absolute atomic E-state index is 13.6. The number of hydrogen-bond donors (Lipinski definition) is 8. The number of carbonyl (C=O) groups excluding carboxylic acids is 4. The second kappa shape index (κ2) is 21.5. The molecule has 1 heterocycles. The maximum atomic E-state index is 13.6. The molecule has 0 aromatic heterocycles. The standard InChI is InChI=1S/C46H72BN7O7/c1-8-9-12-31-14-18-33(19-15-31)34-20-16-32(17-21-34)27-50-24-22-36(49)42(57)54-40(29(3)55)44(59)51-28(2)41(56)53-37(13-10-11-23-48)43(58)52-30(4)47-60-39-26-35-25-38(45(35,5)6)46(39,7)61-47/h14-21,28-30,35-40,50,55H,8-13,22-27,48-49H2,1-7H3,(H,51,59)(H,52,58)(H,53,56)(H,54,57)/t28-,29+,30-,35-,36-,37-,38-,39?,40-,46-/m0/s1. The first-order valence-electron chi connectivity index (χ1n) is 22.6. The number of aryl methyl sites for hydroxylation is 1. The zero-order valence-corrected chi connectivity index (χ0v) is 37.4. The number of nitrogens with two attached hydrogens (primary N) is 2. The summed E-state index contributed by atoms with van der Waals surface area (Å²) in [5.74, 6) is -1.90. The Balaban J connectivity index is 1.05. The summed E-state index contributed by atoms with van der Waals surface area (Å²) in [6.45, 7) is 15.0. The Morgan fingerprint density at radius 1 is 0.820 bits per heavy atom. The number of aliphatic hydroxyl groups excluding tert-OH is 1. The van der Waals surface area contributed by atoms with Gasteiger partial charge in [-0.2, -0.15) is 0 Å². The Morgan fingerprint density at radius 2 is 1.48 bits per heavy atom. The van der Waals surface area contributed by atoms with Crippen molar-refractivity contribution in [3.8, 4) is 11.1 Å². The predicted octanol–water partition coefficient (Wildman–Crippen LogP) is 3.26. The summed E-state index contributed by atoms with van der Waals surface area (Å²) in [5, 5.41) is 24.7. The molecule has 15 heteroatoms. The fourth-order valence-electron chi connectivity index (χ4n) is 9.28. The summed E-state index contributed by atoms with van der Waals surface area (Å²) in [6, 6.07) is 12.7. The molecule has 10 N–H and O–H groups in total. The molecule has 0 radical (unpaired) electrons. The van der Waals surface area contributed by atoms with Gasteiger partial charge < -0.3 is 52.5 Å². The molecule has 0 spiro atoms. The van der Waals surface area contributed by atoms with Crippen molar-refractivity contribution in [1.82, 2.24) is 26.6 Å². The highest BCUT2D eigenvalue weighted by Gasteiger charge is 2.68. The third kappa shape index (κ3) is 12.0. The van der Waals surface area contributed by atoms with Crippen LogP contribution in [0.1, 0.15) is 111 Å². The summed E-state index contributed by atoms with van der Waals surface area (Å²) < 4.78 is 12.9. The van der Waals surface area contributed by atoms with E-state index in [2.05, 4.69) is 103 Å². The second-order valence-corrected chi connectivity index (χ2v) is 18.5. The molecule has 3 saturated carbocycles. The molecular weight excluding hydrogens is 773 g/mol. The number of carbonyl (C=O) groups is 4. The first-order chi connectivity index (χ1) is 29.0. The monoisotopic (exact) mass is 846 g/mol. The van der Waals surface area contributed by atoms with Gasteiger partial charge in [-0.05, 0) is 132 Å². The smallest absolute Gasteiger partial charge is 0.404 e. The molecule has 4 fully saturated rings.